The molecule has 1 saturated heterocycles. The van der Waals surface area contributed by atoms with Gasteiger partial charge >= 0.3 is 5.63 Å². The predicted octanol–water partition coefficient (Wildman–Crippen LogP) is 1.60. The molecule has 6 heteroatoms. The van der Waals surface area contributed by atoms with Gasteiger partial charge in [-0.2, -0.15) is 0 Å². The van der Waals surface area contributed by atoms with Crippen LogP contribution < -0.4 is 10.5 Å². The number of imide groups is 1. The van der Waals surface area contributed by atoms with Crippen LogP contribution in [-0.4, -0.2) is 16.8 Å². The molecule has 0 bridgehead atoms. The second-order valence-corrected chi connectivity index (χ2v) is 4.89. The average molecular weight is 284 g/mol. The van der Waals surface area contributed by atoms with Gasteiger partial charge in [0, 0.05) is 30.3 Å². The number of carbonyl (C=O) groups excluding carboxylic acids is 2. The van der Waals surface area contributed by atoms with Crippen LogP contribution in [-0.2, 0) is 9.59 Å². The predicted molar refractivity (Wildman–Crippen MR) is 74.5 cm³/mol. The van der Waals surface area contributed by atoms with E-state index in [1.807, 2.05) is 0 Å². The highest BCUT2D eigenvalue weighted by Gasteiger charge is 2.38. The SMILES string of the molecule is CC1CC(=O)N(c2ccc(-c3cccnc3)oc2=O)C1=O. The Morgan fingerprint density at radius 2 is 2.05 bits per heavy atom. The minimum absolute atomic E-state index is 0.0398. The lowest BCUT2D eigenvalue weighted by atomic mass is 10.1. The Morgan fingerprint density at radius 3 is 2.62 bits per heavy atom. The largest absolute Gasteiger partial charge is 0.421 e. The van der Waals surface area contributed by atoms with Gasteiger partial charge in [-0.15, -0.1) is 0 Å². The number of anilines is 1. The fourth-order valence-electron chi connectivity index (χ4n) is 2.28. The van der Waals surface area contributed by atoms with E-state index in [0.717, 1.165) is 4.90 Å². The number of hydrogen-bond donors (Lipinski definition) is 0. The maximum absolute atomic E-state index is 12.1. The molecule has 0 spiro atoms. The molecule has 106 valence electrons. The lowest BCUT2D eigenvalue weighted by molar-refractivity contribution is -0.122. The van der Waals surface area contributed by atoms with Gasteiger partial charge in [-0.3, -0.25) is 14.6 Å². The molecule has 1 aliphatic heterocycles. The number of rotatable bonds is 2. The molecule has 2 aromatic rings. The Hall–Kier alpha value is -2.76. The van der Waals surface area contributed by atoms with Crippen LogP contribution in [0.1, 0.15) is 13.3 Å². The van der Waals surface area contributed by atoms with E-state index in [2.05, 4.69) is 4.98 Å². The van der Waals surface area contributed by atoms with Crippen molar-refractivity contribution in [3.05, 3.63) is 47.1 Å². The topological polar surface area (TPSA) is 80.5 Å². The van der Waals surface area contributed by atoms with E-state index in [1.165, 1.54) is 6.07 Å². The number of amides is 2. The van der Waals surface area contributed by atoms with Crippen LogP contribution in [0.4, 0.5) is 5.69 Å². The van der Waals surface area contributed by atoms with Crippen LogP contribution in [0, 0.1) is 5.92 Å². The summed E-state index contributed by atoms with van der Waals surface area (Å²) in [7, 11) is 0. The van der Waals surface area contributed by atoms with Gasteiger partial charge in [0.1, 0.15) is 11.4 Å². The van der Waals surface area contributed by atoms with Crippen molar-refractivity contribution < 1.29 is 14.0 Å². The zero-order chi connectivity index (χ0) is 15.0. The highest BCUT2D eigenvalue weighted by molar-refractivity contribution is 6.20. The third-order valence-electron chi connectivity index (χ3n) is 3.36. The van der Waals surface area contributed by atoms with Crippen LogP contribution >= 0.6 is 0 Å². The highest BCUT2D eigenvalue weighted by atomic mass is 16.4. The third kappa shape index (κ3) is 2.24. The van der Waals surface area contributed by atoms with Gasteiger partial charge < -0.3 is 4.42 Å². The average Bonchev–Trinajstić information content (AvgIpc) is 2.74. The molecular weight excluding hydrogens is 272 g/mol. The van der Waals surface area contributed by atoms with E-state index in [0.29, 0.717) is 11.3 Å². The van der Waals surface area contributed by atoms with Gasteiger partial charge in [0.05, 0.1) is 0 Å². The summed E-state index contributed by atoms with van der Waals surface area (Å²) < 4.78 is 5.20. The molecule has 6 nitrogen and oxygen atoms in total. The molecule has 0 aromatic carbocycles. The van der Waals surface area contributed by atoms with Crippen LogP contribution in [0.25, 0.3) is 11.3 Å². The molecule has 0 aliphatic carbocycles. The normalized spacial score (nSPS) is 18.3. The molecule has 2 aromatic heterocycles. The lowest BCUT2D eigenvalue weighted by Gasteiger charge is -2.12. The third-order valence-corrected chi connectivity index (χ3v) is 3.36. The summed E-state index contributed by atoms with van der Waals surface area (Å²) in [5.74, 6) is -0.825. The number of nitrogens with zero attached hydrogens (tertiary/aromatic N) is 2. The number of aromatic nitrogens is 1. The minimum Gasteiger partial charge on any atom is -0.421 e. The Balaban J connectivity index is 2.02. The molecule has 1 atom stereocenters. The minimum atomic E-state index is -0.716. The van der Waals surface area contributed by atoms with Crippen molar-refractivity contribution in [3.63, 3.8) is 0 Å². The second-order valence-electron chi connectivity index (χ2n) is 4.89. The van der Waals surface area contributed by atoms with E-state index in [9.17, 15) is 14.4 Å². The van der Waals surface area contributed by atoms with Gasteiger partial charge in [-0.25, -0.2) is 9.69 Å². The first-order valence-corrected chi connectivity index (χ1v) is 6.49. The van der Waals surface area contributed by atoms with Gasteiger partial charge in [-0.05, 0) is 24.3 Å². The van der Waals surface area contributed by atoms with Crippen molar-refractivity contribution in [3.8, 4) is 11.3 Å². The Morgan fingerprint density at radius 1 is 1.24 bits per heavy atom. The summed E-state index contributed by atoms with van der Waals surface area (Å²) in [5.41, 5.74) is -0.109. The number of carbonyl (C=O) groups is 2. The Bertz CT molecular complexity index is 767. The highest BCUT2D eigenvalue weighted by Crippen LogP contribution is 2.25. The first-order valence-electron chi connectivity index (χ1n) is 6.49. The Labute approximate surface area is 120 Å². The molecular formula is C15H12N2O4. The molecule has 0 saturated carbocycles. The smallest absolute Gasteiger partial charge is 0.360 e. The van der Waals surface area contributed by atoms with E-state index < -0.39 is 11.5 Å². The van der Waals surface area contributed by atoms with E-state index in [4.69, 9.17) is 4.42 Å². The molecule has 2 amide bonds. The lowest BCUT2D eigenvalue weighted by Crippen LogP contribution is -2.33. The summed E-state index contributed by atoms with van der Waals surface area (Å²) in [6, 6.07) is 6.46. The first kappa shape index (κ1) is 13.2. The first-order chi connectivity index (χ1) is 10.1. The summed E-state index contributed by atoms with van der Waals surface area (Å²) in [4.78, 5) is 40.7. The van der Waals surface area contributed by atoms with Gasteiger partial charge in [0.2, 0.25) is 11.8 Å². The Kier molecular flexibility index (Phi) is 3.13. The zero-order valence-corrected chi connectivity index (χ0v) is 11.3. The van der Waals surface area contributed by atoms with E-state index >= 15 is 0 Å². The van der Waals surface area contributed by atoms with Crippen LogP contribution in [0.15, 0.2) is 45.9 Å². The molecule has 1 unspecified atom stereocenters. The van der Waals surface area contributed by atoms with Gasteiger partial charge in [0.25, 0.3) is 0 Å². The summed E-state index contributed by atoms with van der Waals surface area (Å²) in [6.07, 6.45) is 3.29. The maximum atomic E-state index is 12.1. The summed E-state index contributed by atoms with van der Waals surface area (Å²) in [6.45, 7) is 1.66. The molecule has 1 fully saturated rings. The summed E-state index contributed by atoms with van der Waals surface area (Å²) >= 11 is 0. The quantitative estimate of drug-likeness (QED) is 0.782. The van der Waals surface area contributed by atoms with Gasteiger partial charge in [0.15, 0.2) is 0 Å². The number of pyridine rings is 1. The van der Waals surface area contributed by atoms with Crippen molar-refractivity contribution in [1.82, 2.24) is 4.98 Å². The van der Waals surface area contributed by atoms with E-state index in [1.54, 1.807) is 37.5 Å². The molecule has 0 N–H and O–H groups in total. The number of hydrogen-bond acceptors (Lipinski definition) is 5. The zero-order valence-electron chi connectivity index (χ0n) is 11.3. The fourth-order valence-corrected chi connectivity index (χ4v) is 2.28. The standard InChI is InChI=1S/C15H12N2O4/c1-9-7-13(18)17(14(9)19)11-4-5-12(21-15(11)20)10-3-2-6-16-8-10/h2-6,8-9H,7H2,1H3. The van der Waals surface area contributed by atoms with Crippen LogP contribution in [0.3, 0.4) is 0 Å². The van der Waals surface area contributed by atoms with Crippen molar-refractivity contribution in [2.45, 2.75) is 13.3 Å². The van der Waals surface area contributed by atoms with E-state index in [-0.39, 0.29) is 23.9 Å². The molecule has 1 aliphatic rings. The van der Waals surface area contributed by atoms with Gasteiger partial charge in [-0.1, -0.05) is 6.92 Å². The molecule has 3 rings (SSSR count). The molecule has 0 radical (unpaired) electrons. The van der Waals surface area contributed by atoms with Crippen molar-refractivity contribution in [2.75, 3.05) is 4.90 Å². The van der Waals surface area contributed by atoms with Crippen molar-refractivity contribution >= 4 is 17.5 Å². The molecule has 3 heterocycles. The fraction of sp³-hybridized carbons (Fsp3) is 0.200. The van der Waals surface area contributed by atoms with Crippen LogP contribution in [0.5, 0.6) is 0 Å². The molecule has 21 heavy (non-hydrogen) atoms. The van der Waals surface area contributed by atoms with Crippen molar-refractivity contribution in [2.24, 2.45) is 5.92 Å². The van der Waals surface area contributed by atoms with Crippen molar-refractivity contribution in [1.29, 1.82) is 0 Å². The maximum Gasteiger partial charge on any atom is 0.360 e. The second kappa shape index (κ2) is 4.97. The monoisotopic (exact) mass is 284 g/mol. The summed E-state index contributed by atoms with van der Waals surface area (Å²) in [5, 5.41) is 0. The van der Waals surface area contributed by atoms with Crippen LogP contribution in [0.2, 0.25) is 0 Å².